The normalized spacial score (nSPS) is 34.4. The van der Waals surface area contributed by atoms with Gasteiger partial charge in [0.05, 0.1) is 28.7 Å². The van der Waals surface area contributed by atoms with Gasteiger partial charge in [-0.1, -0.05) is 20.3 Å². The molecular formula is C39H67N2O37S5-7. The quantitative estimate of drug-likeness (QED) is 0.0229. The molecule has 0 radical (unpaired) electrons. The molecule has 4 fully saturated rings. The minimum Gasteiger partial charge on any atom is -0.735 e. The lowest BCUT2D eigenvalue weighted by Crippen LogP contribution is -2.69. The summed E-state index contributed by atoms with van der Waals surface area (Å²) in [5.41, 5.74) is -3.24. The van der Waals surface area contributed by atoms with E-state index in [0.29, 0.717) is 0 Å². The molecule has 20 atom stereocenters. The summed E-state index contributed by atoms with van der Waals surface area (Å²) in [7, 11) is -16.2. The van der Waals surface area contributed by atoms with Gasteiger partial charge in [-0.2, -0.15) is 8.42 Å². The summed E-state index contributed by atoms with van der Waals surface area (Å²) in [6, 6.07) is -3.96. The topological polar surface area (TPSA) is 607 Å². The summed E-state index contributed by atoms with van der Waals surface area (Å²) in [5, 5.41) is 114. The van der Waals surface area contributed by atoms with Gasteiger partial charge >= 0.3 is 0 Å². The molecule has 44 heteroatoms. The van der Waals surface area contributed by atoms with Gasteiger partial charge in [-0.3, -0.25) is 14.3 Å². The third-order valence-electron chi connectivity index (χ3n) is 10.3. The van der Waals surface area contributed by atoms with E-state index >= 15 is 0 Å². The highest BCUT2D eigenvalue weighted by molar-refractivity contribution is 7.84. The van der Waals surface area contributed by atoms with Crippen molar-refractivity contribution in [2.75, 3.05) is 13.2 Å². The van der Waals surface area contributed by atoms with Gasteiger partial charge in [0.15, 0.2) is 76.9 Å². The molecule has 4 heterocycles. The van der Waals surface area contributed by atoms with Gasteiger partial charge in [0, 0.05) is 0 Å². The molecule has 0 aromatic carbocycles. The number of carbonyl (C=O) groups is 2. The molecule has 0 aromatic rings. The molecule has 0 bridgehead atoms. The second-order valence-electron chi connectivity index (χ2n) is 20.4. The van der Waals surface area contributed by atoms with Gasteiger partial charge in [0.2, 0.25) is 10.4 Å². The van der Waals surface area contributed by atoms with E-state index in [4.69, 9.17) is 51.0 Å². The van der Waals surface area contributed by atoms with Crippen LogP contribution < -0.4 is 30.2 Å². The molecule has 8 unspecified atom stereocenters. The molecule has 83 heavy (non-hydrogen) atoms. The summed E-state index contributed by atoms with van der Waals surface area (Å²) in [5.74, 6) is -3.84. The summed E-state index contributed by atoms with van der Waals surface area (Å²) in [4.78, 5) is 32.0. The van der Waals surface area contributed by atoms with Crippen molar-refractivity contribution in [1.82, 2.24) is 9.44 Å². The zero-order chi connectivity index (χ0) is 65.1. The monoisotopic (exact) mass is 1320 g/mol. The number of aliphatic carboxylic acids is 2. The molecular weight excluding hydrogens is 1250 g/mol. The Morgan fingerprint density at radius 2 is 0.867 bits per heavy atom. The SMILES string of the molecule is CC(C)(C)O[C@@H]1C(C(=O)[O-])O[C@@H](O[C@@H]2C(COO[O-])O[C@H](O)C(NS(=O)(=O)[O-])[C@@H]2O)C(O)[C@@H]1O.CC(C)(C)O[C@H]1OC(COO[O-])[C@@H](O[C@@H]2OC(C(=O)[O-])[C@@H](OC(C)(C)C)[C@@H](O)C2OS(=O)(=O)[O-])[C@@H](O)C1NS(=O)(=O)[O-].CCC.O=S.O=S. The predicted molar refractivity (Wildman–Crippen MR) is 251 cm³/mol. The van der Waals surface area contributed by atoms with Crippen LogP contribution in [0.15, 0.2) is 0 Å². The number of rotatable bonds is 21. The zero-order valence-electron chi connectivity index (χ0n) is 45.5. The molecule has 0 aliphatic carbocycles. The van der Waals surface area contributed by atoms with Crippen LogP contribution in [-0.2, 0) is 132 Å². The van der Waals surface area contributed by atoms with Crippen molar-refractivity contribution in [2.45, 2.75) is 222 Å². The lowest BCUT2D eigenvalue weighted by molar-refractivity contribution is -0.801. The smallest absolute Gasteiger partial charge is 0.218 e. The predicted octanol–water partition coefficient (Wildman–Crippen LogP) is -11.0. The van der Waals surface area contributed by atoms with Crippen LogP contribution in [0.5, 0.6) is 0 Å². The van der Waals surface area contributed by atoms with E-state index in [1.54, 1.807) is 25.5 Å². The van der Waals surface area contributed by atoms with E-state index in [9.17, 15) is 99.9 Å². The van der Waals surface area contributed by atoms with Crippen molar-refractivity contribution in [3.63, 3.8) is 0 Å². The van der Waals surface area contributed by atoms with Crippen molar-refractivity contribution in [2.24, 2.45) is 0 Å². The summed E-state index contributed by atoms with van der Waals surface area (Å²) >= 11 is 5.67. The van der Waals surface area contributed by atoms with E-state index in [-0.39, 0.29) is 0 Å². The standard InChI is InChI=1S/C20H37NO19S2.C16H29NO16S.C3H8.2OS/c1-19(2,3)37-13-11(23)14(39-42(30,31)32)18(36-15(13)16(24)25)35-12-8(7-33-40-26)34-17(38-20(4,5)6)9(10(12)22)21-41(27,28)29;1-16(2,3)32-11-8(19)9(20)15(31-12(11)13(21)22)30-10-5(4-28-33-24)29-14(23)6(7(10)18)17-34(25,26)27;1-3-2;2*1-2/h8-15,17-18,21-23,26H,7H2,1-6H3,(H,24,25)(H,27,28,29)(H,30,31,32);5-12,14-15,17-20,23-24H,4H2,1-3H3,(H,21,22)(H,25,26,27);3H2,1-2H3;;/p-7/t8?,9?,10-,11+,12+,13-,14?,15?,17+,18+;5?,6?,7-,8-,9?,10+,11-,12?,14-,15+;;;/m00.../s1. The van der Waals surface area contributed by atoms with Crippen LogP contribution in [0, 0.1) is 0 Å². The van der Waals surface area contributed by atoms with Crippen molar-refractivity contribution in [3.8, 4) is 0 Å². The van der Waals surface area contributed by atoms with E-state index in [2.05, 4.69) is 62.9 Å². The number of aliphatic hydroxyl groups is 6. The fraction of sp³-hybridized carbons (Fsp3) is 0.949. The number of hydrogen-bond acceptors (Lipinski definition) is 39. The third-order valence-corrected chi connectivity index (χ3v) is 11.9. The zero-order valence-corrected chi connectivity index (χ0v) is 49.6. The number of nitrogens with one attached hydrogen (secondary N) is 2. The molecule has 4 aliphatic heterocycles. The number of ether oxygens (including phenoxy) is 9. The fourth-order valence-corrected chi connectivity index (χ4v) is 9.23. The average molecular weight is 1320 g/mol. The first-order valence-corrected chi connectivity index (χ1v) is 28.4. The number of carboxylic acid groups (broad SMARTS) is 2. The highest BCUT2D eigenvalue weighted by Gasteiger charge is 2.56. The lowest BCUT2D eigenvalue weighted by Gasteiger charge is -2.50. The Bertz CT molecular complexity index is 2270. The Hall–Kier alpha value is -2.25. The fourth-order valence-electron chi connectivity index (χ4n) is 7.58. The molecule has 0 saturated carbocycles. The first-order valence-electron chi connectivity index (χ1n) is 23.6. The molecule has 492 valence electrons. The highest BCUT2D eigenvalue weighted by Crippen LogP contribution is 2.36. The van der Waals surface area contributed by atoms with Crippen molar-refractivity contribution >= 4 is 68.0 Å². The van der Waals surface area contributed by atoms with E-state index in [1.807, 2.05) is 0 Å². The van der Waals surface area contributed by atoms with Gasteiger partial charge in [-0.05, 0) is 62.3 Å². The summed E-state index contributed by atoms with van der Waals surface area (Å²) < 4.78 is 174. The molecule has 0 spiro atoms. The molecule has 39 nitrogen and oxygen atoms in total. The Kier molecular flexibility index (Phi) is 34.1. The second-order valence-corrected chi connectivity index (χ2v) is 23.7. The largest absolute Gasteiger partial charge is 0.735 e. The Morgan fingerprint density at radius 1 is 0.506 bits per heavy atom. The molecule has 4 rings (SSSR count). The number of aliphatic hydroxyl groups excluding tert-OH is 6. The van der Waals surface area contributed by atoms with Crippen LogP contribution in [-0.4, -0.2) is 243 Å². The first-order chi connectivity index (χ1) is 37.9. The molecule has 4 aliphatic rings. The number of carboxylic acids is 2. The van der Waals surface area contributed by atoms with Crippen molar-refractivity contribution < 1.29 is 175 Å². The van der Waals surface area contributed by atoms with Crippen molar-refractivity contribution in [3.05, 3.63) is 0 Å². The van der Waals surface area contributed by atoms with Gasteiger partial charge in [0.1, 0.15) is 105 Å². The highest BCUT2D eigenvalue weighted by atomic mass is 32.3. The average Bonchev–Trinajstić information content (AvgIpc) is 3.52. The van der Waals surface area contributed by atoms with E-state index in [1.165, 1.54) is 52.7 Å². The summed E-state index contributed by atoms with van der Waals surface area (Å²) in [6.45, 7) is 16.0. The van der Waals surface area contributed by atoms with Crippen molar-refractivity contribution in [1.29, 1.82) is 0 Å². The van der Waals surface area contributed by atoms with Gasteiger partial charge in [-0.15, -0.1) is 0 Å². The maximum absolute atomic E-state index is 11.9. The second kappa shape index (κ2) is 35.1. The Labute approximate surface area is 486 Å². The lowest BCUT2D eigenvalue weighted by atomic mass is 9.95. The van der Waals surface area contributed by atoms with E-state index < -0.39 is 196 Å². The van der Waals surface area contributed by atoms with Crippen LogP contribution >= 0.6 is 0 Å². The number of carbonyl (C=O) groups excluding carboxylic acids is 2. The third kappa shape index (κ3) is 27.8. The Morgan fingerprint density at radius 3 is 1.24 bits per heavy atom. The van der Waals surface area contributed by atoms with Gasteiger partial charge in [-0.25, -0.2) is 44.5 Å². The minimum absolute atomic E-state index is 0.829. The van der Waals surface area contributed by atoms with E-state index in [0.717, 1.165) is 0 Å². The first kappa shape index (κ1) is 80.8. The number of hydrogen-bond donors (Lipinski definition) is 8. The molecule has 4 saturated heterocycles. The molecule has 0 amide bonds. The molecule has 0 aromatic heterocycles. The van der Waals surface area contributed by atoms with Gasteiger partial charge < -0.3 is 117 Å². The van der Waals surface area contributed by atoms with Gasteiger partial charge in [0.25, 0.3) is 0 Å². The molecule has 8 N–H and O–H groups in total. The minimum atomic E-state index is -5.66. The maximum Gasteiger partial charge on any atom is 0.218 e. The van der Waals surface area contributed by atoms with Crippen LogP contribution in [0.2, 0.25) is 0 Å². The summed E-state index contributed by atoms with van der Waals surface area (Å²) in [6.07, 6.45) is -34.7. The van der Waals surface area contributed by atoms with Crippen LogP contribution in [0.4, 0.5) is 0 Å². The Balaban J connectivity index is 0.00000149. The van der Waals surface area contributed by atoms with Crippen LogP contribution in [0.1, 0.15) is 82.6 Å². The van der Waals surface area contributed by atoms with Crippen LogP contribution in [0.25, 0.3) is 0 Å². The van der Waals surface area contributed by atoms with Crippen LogP contribution in [0.3, 0.4) is 0 Å². The maximum atomic E-state index is 11.9.